The molecule has 2 rings (SSSR count). The highest BCUT2D eigenvalue weighted by Crippen LogP contribution is 2.34. The van der Waals surface area contributed by atoms with Crippen LogP contribution in [0.25, 0.3) is 11.3 Å². The molecule has 1 unspecified atom stereocenters. The molecule has 2 aromatic rings. The summed E-state index contributed by atoms with van der Waals surface area (Å²) < 4.78 is 5.89. The summed E-state index contributed by atoms with van der Waals surface area (Å²) in [7, 11) is 0. The van der Waals surface area contributed by atoms with Crippen LogP contribution in [0.1, 0.15) is 37.8 Å². The molecule has 0 bridgehead atoms. The number of benzene rings is 1. The van der Waals surface area contributed by atoms with Crippen LogP contribution in [0.3, 0.4) is 0 Å². The normalized spacial score (nSPS) is 14.2. The lowest BCUT2D eigenvalue weighted by atomic mass is 10.0. The molecule has 4 heteroatoms. The van der Waals surface area contributed by atoms with Crippen LogP contribution in [0.5, 0.6) is 0 Å². The van der Waals surface area contributed by atoms with E-state index in [9.17, 15) is 0 Å². The number of thiazole rings is 1. The summed E-state index contributed by atoms with van der Waals surface area (Å²) in [4.78, 5) is 4.77. The maximum atomic E-state index is 5.89. The van der Waals surface area contributed by atoms with Gasteiger partial charge in [-0.15, -0.1) is 11.3 Å². The zero-order chi connectivity index (χ0) is 14.6. The summed E-state index contributed by atoms with van der Waals surface area (Å²) in [5.41, 5.74) is 8.65. The lowest BCUT2D eigenvalue weighted by Gasteiger charge is -2.25. The number of nitrogens with zero attached hydrogens (tertiary/aromatic N) is 1. The number of hydrogen-bond donors (Lipinski definition) is 1. The molecule has 0 saturated carbocycles. The average molecular weight is 290 g/mol. The van der Waals surface area contributed by atoms with Gasteiger partial charge in [-0.2, -0.15) is 0 Å². The van der Waals surface area contributed by atoms with Gasteiger partial charge in [0, 0.05) is 24.1 Å². The van der Waals surface area contributed by atoms with Gasteiger partial charge in [-0.05, 0) is 31.9 Å². The summed E-state index contributed by atoms with van der Waals surface area (Å²) in [6.45, 7) is 7.51. The molecule has 1 heterocycles. The first kappa shape index (κ1) is 15.2. The third kappa shape index (κ3) is 3.08. The zero-order valence-electron chi connectivity index (χ0n) is 12.3. The third-order valence-electron chi connectivity index (χ3n) is 3.55. The van der Waals surface area contributed by atoms with Gasteiger partial charge in [0.1, 0.15) is 10.6 Å². The highest BCUT2D eigenvalue weighted by molar-refractivity contribution is 7.10. The van der Waals surface area contributed by atoms with E-state index in [4.69, 9.17) is 15.5 Å². The van der Waals surface area contributed by atoms with Gasteiger partial charge in [0.05, 0.1) is 5.69 Å². The van der Waals surface area contributed by atoms with E-state index in [-0.39, 0.29) is 5.60 Å². The van der Waals surface area contributed by atoms with E-state index in [1.807, 2.05) is 19.1 Å². The summed E-state index contributed by atoms with van der Waals surface area (Å²) in [6, 6.07) is 8.23. The van der Waals surface area contributed by atoms with E-state index in [1.165, 1.54) is 0 Å². The van der Waals surface area contributed by atoms with Gasteiger partial charge in [0.2, 0.25) is 0 Å². The fourth-order valence-electron chi connectivity index (χ4n) is 2.14. The predicted molar refractivity (Wildman–Crippen MR) is 84.7 cm³/mol. The number of hydrogen-bond acceptors (Lipinski definition) is 4. The maximum absolute atomic E-state index is 5.89. The smallest absolute Gasteiger partial charge is 0.125 e. The van der Waals surface area contributed by atoms with E-state index in [0.717, 1.165) is 28.2 Å². The molecule has 0 saturated heterocycles. The Labute approximate surface area is 124 Å². The van der Waals surface area contributed by atoms with E-state index in [0.29, 0.717) is 13.2 Å². The standard InChI is InChI=1S/C16H22N2OS/c1-4-16(3,19-5-2)15-18-14(11-20-15)13-8-6-7-12(9-13)10-17/h6-9,11H,4-5,10,17H2,1-3H3. The molecule has 0 radical (unpaired) electrons. The molecule has 0 aliphatic rings. The Morgan fingerprint density at radius 2 is 2.15 bits per heavy atom. The molecule has 1 aromatic carbocycles. The fourth-order valence-corrected chi connectivity index (χ4v) is 3.16. The van der Waals surface area contributed by atoms with Crippen molar-refractivity contribution in [2.45, 2.75) is 39.3 Å². The lowest BCUT2D eigenvalue weighted by Crippen LogP contribution is -2.24. The van der Waals surface area contributed by atoms with Crippen molar-refractivity contribution in [3.63, 3.8) is 0 Å². The molecule has 0 fully saturated rings. The molecule has 0 amide bonds. The Balaban J connectivity index is 2.32. The van der Waals surface area contributed by atoms with Crippen LogP contribution in [-0.4, -0.2) is 11.6 Å². The first-order chi connectivity index (χ1) is 9.62. The molecule has 0 aliphatic carbocycles. The summed E-state index contributed by atoms with van der Waals surface area (Å²) >= 11 is 1.66. The SMILES string of the molecule is CCOC(C)(CC)c1nc(-c2cccc(CN)c2)cs1. The number of rotatable bonds is 6. The van der Waals surface area contributed by atoms with Crippen molar-refractivity contribution < 1.29 is 4.74 Å². The van der Waals surface area contributed by atoms with Crippen molar-refractivity contribution in [3.05, 3.63) is 40.2 Å². The Kier molecular flexibility index (Phi) is 4.91. The molecule has 0 aliphatic heterocycles. The van der Waals surface area contributed by atoms with E-state index < -0.39 is 0 Å². The van der Waals surface area contributed by atoms with E-state index in [2.05, 4.69) is 31.4 Å². The number of aromatic nitrogens is 1. The Bertz CT molecular complexity index is 567. The van der Waals surface area contributed by atoms with Crippen LogP contribution in [-0.2, 0) is 16.9 Å². The lowest BCUT2D eigenvalue weighted by molar-refractivity contribution is -0.0324. The second-order valence-corrected chi connectivity index (χ2v) is 5.82. The van der Waals surface area contributed by atoms with Gasteiger partial charge in [-0.1, -0.05) is 25.1 Å². The van der Waals surface area contributed by atoms with E-state index in [1.54, 1.807) is 11.3 Å². The maximum Gasteiger partial charge on any atom is 0.125 e. The quantitative estimate of drug-likeness (QED) is 0.877. The molecule has 2 N–H and O–H groups in total. The second-order valence-electron chi connectivity index (χ2n) is 4.96. The Morgan fingerprint density at radius 1 is 1.35 bits per heavy atom. The molecule has 3 nitrogen and oxygen atoms in total. The minimum atomic E-state index is -0.289. The summed E-state index contributed by atoms with van der Waals surface area (Å²) in [5.74, 6) is 0. The first-order valence-corrected chi connectivity index (χ1v) is 7.90. The van der Waals surface area contributed by atoms with Gasteiger partial charge in [-0.3, -0.25) is 0 Å². The highest BCUT2D eigenvalue weighted by atomic mass is 32.1. The topological polar surface area (TPSA) is 48.1 Å². The van der Waals surface area contributed by atoms with Crippen molar-refractivity contribution in [2.75, 3.05) is 6.61 Å². The minimum absolute atomic E-state index is 0.289. The van der Waals surface area contributed by atoms with Crippen LogP contribution in [0.2, 0.25) is 0 Å². The van der Waals surface area contributed by atoms with Crippen molar-refractivity contribution in [3.8, 4) is 11.3 Å². The van der Waals surface area contributed by atoms with Gasteiger partial charge in [0.15, 0.2) is 0 Å². The molecule has 108 valence electrons. The van der Waals surface area contributed by atoms with Crippen LogP contribution >= 0.6 is 11.3 Å². The minimum Gasteiger partial charge on any atom is -0.368 e. The van der Waals surface area contributed by atoms with Gasteiger partial charge < -0.3 is 10.5 Å². The van der Waals surface area contributed by atoms with Gasteiger partial charge >= 0.3 is 0 Å². The Morgan fingerprint density at radius 3 is 2.80 bits per heavy atom. The second kappa shape index (κ2) is 6.48. The monoisotopic (exact) mass is 290 g/mol. The van der Waals surface area contributed by atoms with Crippen LogP contribution in [0, 0.1) is 0 Å². The first-order valence-electron chi connectivity index (χ1n) is 7.02. The third-order valence-corrected chi connectivity index (χ3v) is 4.64. The van der Waals surface area contributed by atoms with Crippen LogP contribution in [0.15, 0.2) is 29.6 Å². The molecule has 1 aromatic heterocycles. The van der Waals surface area contributed by atoms with Crippen molar-refractivity contribution in [1.29, 1.82) is 0 Å². The highest BCUT2D eigenvalue weighted by Gasteiger charge is 2.28. The van der Waals surface area contributed by atoms with Crippen LogP contribution in [0.4, 0.5) is 0 Å². The zero-order valence-corrected chi connectivity index (χ0v) is 13.2. The summed E-state index contributed by atoms with van der Waals surface area (Å²) in [5, 5.41) is 3.13. The number of ether oxygens (including phenoxy) is 1. The Hall–Kier alpha value is -1.23. The largest absolute Gasteiger partial charge is 0.368 e. The predicted octanol–water partition coefficient (Wildman–Crippen LogP) is 3.93. The average Bonchev–Trinajstić information content (AvgIpc) is 2.98. The molecule has 1 atom stereocenters. The van der Waals surface area contributed by atoms with Gasteiger partial charge in [0.25, 0.3) is 0 Å². The van der Waals surface area contributed by atoms with Crippen LogP contribution < -0.4 is 5.73 Å². The van der Waals surface area contributed by atoms with Gasteiger partial charge in [-0.25, -0.2) is 4.98 Å². The molecular weight excluding hydrogens is 268 g/mol. The summed E-state index contributed by atoms with van der Waals surface area (Å²) in [6.07, 6.45) is 0.913. The molecule has 0 spiro atoms. The fraction of sp³-hybridized carbons (Fsp3) is 0.438. The van der Waals surface area contributed by atoms with Crippen molar-refractivity contribution >= 4 is 11.3 Å². The molecule has 20 heavy (non-hydrogen) atoms. The van der Waals surface area contributed by atoms with E-state index >= 15 is 0 Å². The molecular formula is C16H22N2OS. The van der Waals surface area contributed by atoms with Crippen molar-refractivity contribution in [1.82, 2.24) is 4.98 Å². The van der Waals surface area contributed by atoms with Crippen molar-refractivity contribution in [2.24, 2.45) is 5.73 Å². The number of nitrogens with two attached hydrogens (primary N) is 1.